The highest BCUT2D eigenvalue weighted by Crippen LogP contribution is 2.34. The van der Waals surface area contributed by atoms with E-state index in [4.69, 9.17) is 39.5 Å². The van der Waals surface area contributed by atoms with Crippen LogP contribution < -0.4 is 10.1 Å². The fourth-order valence-corrected chi connectivity index (χ4v) is 2.94. The molecule has 0 fully saturated rings. The first kappa shape index (κ1) is 13.9. The van der Waals surface area contributed by atoms with E-state index in [-0.39, 0.29) is 0 Å². The average molecular weight is 329 g/mol. The Kier molecular flexibility index (Phi) is 3.97. The molecule has 0 saturated heterocycles. The van der Waals surface area contributed by atoms with Gasteiger partial charge in [0, 0.05) is 23.6 Å². The molecule has 1 heterocycles. The molecule has 0 atom stereocenters. The molecule has 1 N–H and O–H groups in total. The van der Waals surface area contributed by atoms with Gasteiger partial charge in [-0.3, -0.25) is 0 Å². The van der Waals surface area contributed by atoms with Gasteiger partial charge in [0.05, 0.1) is 22.3 Å². The zero-order valence-electron chi connectivity index (χ0n) is 10.6. The molecule has 0 radical (unpaired) electrons. The first-order valence-electron chi connectivity index (χ1n) is 6.27. The van der Waals surface area contributed by atoms with E-state index in [0.717, 1.165) is 34.0 Å². The largest absolute Gasteiger partial charge is 0.493 e. The van der Waals surface area contributed by atoms with Gasteiger partial charge in [-0.1, -0.05) is 40.9 Å². The zero-order chi connectivity index (χ0) is 14.1. The van der Waals surface area contributed by atoms with Crippen molar-refractivity contribution in [2.75, 3.05) is 11.9 Å². The van der Waals surface area contributed by atoms with E-state index in [1.54, 1.807) is 6.07 Å². The zero-order valence-corrected chi connectivity index (χ0v) is 12.8. The fraction of sp³-hybridized carbons (Fsp3) is 0.200. The van der Waals surface area contributed by atoms with Crippen molar-refractivity contribution in [1.29, 1.82) is 0 Å². The van der Waals surface area contributed by atoms with E-state index in [9.17, 15) is 0 Å². The van der Waals surface area contributed by atoms with Crippen LogP contribution >= 0.6 is 34.8 Å². The summed E-state index contributed by atoms with van der Waals surface area (Å²) in [5.41, 5.74) is 2.98. The Morgan fingerprint density at radius 2 is 2.00 bits per heavy atom. The van der Waals surface area contributed by atoms with Crippen molar-refractivity contribution in [2.45, 2.75) is 13.0 Å². The summed E-state index contributed by atoms with van der Waals surface area (Å²) in [7, 11) is 0. The van der Waals surface area contributed by atoms with Crippen molar-refractivity contribution in [3.8, 4) is 5.75 Å². The van der Waals surface area contributed by atoms with Gasteiger partial charge < -0.3 is 10.1 Å². The van der Waals surface area contributed by atoms with Crippen LogP contribution in [0.25, 0.3) is 0 Å². The van der Waals surface area contributed by atoms with Crippen LogP contribution in [-0.2, 0) is 13.0 Å². The molecule has 0 spiro atoms. The molecule has 0 aliphatic carbocycles. The van der Waals surface area contributed by atoms with Gasteiger partial charge in [0.2, 0.25) is 0 Å². The van der Waals surface area contributed by atoms with Gasteiger partial charge in [-0.25, -0.2) is 0 Å². The van der Waals surface area contributed by atoms with Crippen LogP contribution in [0.4, 0.5) is 5.69 Å². The number of ether oxygens (including phenoxy) is 1. The molecule has 2 nitrogen and oxygen atoms in total. The van der Waals surface area contributed by atoms with E-state index in [1.807, 2.05) is 24.3 Å². The Hall–Kier alpha value is -1.09. The second kappa shape index (κ2) is 5.72. The van der Waals surface area contributed by atoms with Crippen LogP contribution in [-0.4, -0.2) is 6.61 Å². The summed E-state index contributed by atoms with van der Waals surface area (Å²) >= 11 is 18.3. The van der Waals surface area contributed by atoms with Crippen molar-refractivity contribution in [2.24, 2.45) is 0 Å². The third-order valence-electron chi connectivity index (χ3n) is 3.25. The third-order valence-corrected chi connectivity index (χ3v) is 4.28. The molecule has 2 aromatic carbocycles. The molecule has 1 aliphatic heterocycles. The Morgan fingerprint density at radius 3 is 2.85 bits per heavy atom. The lowest BCUT2D eigenvalue weighted by Crippen LogP contribution is -2.02. The van der Waals surface area contributed by atoms with Gasteiger partial charge in [-0.05, 0) is 29.8 Å². The molecule has 0 amide bonds. The normalized spacial score (nSPS) is 12.9. The summed E-state index contributed by atoms with van der Waals surface area (Å²) in [6, 6.07) is 9.38. The molecule has 3 rings (SSSR count). The standard InChI is InChI=1S/C15H12Cl3NO/c16-11-6-9-4-5-20-15(9)10(7-11)8-19-13-3-1-2-12(17)14(13)18/h1-3,6-7,19H,4-5,8H2. The molecule has 0 bridgehead atoms. The van der Waals surface area contributed by atoms with E-state index in [1.165, 1.54) is 0 Å². The molecule has 104 valence electrons. The number of rotatable bonds is 3. The molecule has 2 aromatic rings. The van der Waals surface area contributed by atoms with E-state index < -0.39 is 0 Å². The van der Waals surface area contributed by atoms with E-state index >= 15 is 0 Å². The molecule has 0 unspecified atom stereocenters. The second-order valence-corrected chi connectivity index (χ2v) is 5.83. The Labute approximate surface area is 132 Å². The van der Waals surface area contributed by atoms with Crippen LogP contribution in [0, 0.1) is 0 Å². The summed E-state index contributed by atoms with van der Waals surface area (Å²) in [5, 5.41) is 5.05. The second-order valence-electron chi connectivity index (χ2n) is 4.61. The number of hydrogen-bond donors (Lipinski definition) is 1. The molecule has 5 heteroatoms. The number of benzene rings is 2. The van der Waals surface area contributed by atoms with Crippen molar-refractivity contribution in [3.05, 3.63) is 56.5 Å². The maximum Gasteiger partial charge on any atom is 0.127 e. The first-order chi connectivity index (χ1) is 9.65. The maximum absolute atomic E-state index is 6.16. The van der Waals surface area contributed by atoms with Gasteiger partial charge >= 0.3 is 0 Å². The van der Waals surface area contributed by atoms with E-state index in [2.05, 4.69) is 5.32 Å². The van der Waals surface area contributed by atoms with Crippen LogP contribution in [0.2, 0.25) is 15.1 Å². The minimum atomic E-state index is 0.522. The third kappa shape index (κ3) is 2.69. The van der Waals surface area contributed by atoms with Gasteiger partial charge in [0.1, 0.15) is 5.75 Å². The lowest BCUT2D eigenvalue weighted by atomic mass is 10.1. The highest BCUT2D eigenvalue weighted by Gasteiger charge is 2.17. The summed E-state index contributed by atoms with van der Waals surface area (Å²) in [6.07, 6.45) is 0.904. The lowest BCUT2D eigenvalue weighted by Gasteiger charge is -2.12. The Balaban J connectivity index is 1.84. The van der Waals surface area contributed by atoms with Crippen molar-refractivity contribution < 1.29 is 4.74 Å². The van der Waals surface area contributed by atoms with E-state index in [0.29, 0.717) is 23.2 Å². The first-order valence-corrected chi connectivity index (χ1v) is 7.40. The van der Waals surface area contributed by atoms with Crippen molar-refractivity contribution >= 4 is 40.5 Å². The topological polar surface area (TPSA) is 21.3 Å². The number of nitrogens with one attached hydrogen (secondary N) is 1. The molecular weight excluding hydrogens is 317 g/mol. The Bertz CT molecular complexity index is 658. The predicted molar refractivity (Wildman–Crippen MR) is 84.4 cm³/mol. The summed E-state index contributed by atoms with van der Waals surface area (Å²) in [6.45, 7) is 1.30. The highest BCUT2D eigenvalue weighted by molar-refractivity contribution is 6.43. The highest BCUT2D eigenvalue weighted by atomic mass is 35.5. The monoisotopic (exact) mass is 327 g/mol. The maximum atomic E-state index is 6.16. The Morgan fingerprint density at radius 1 is 1.15 bits per heavy atom. The lowest BCUT2D eigenvalue weighted by molar-refractivity contribution is 0.354. The van der Waals surface area contributed by atoms with Gasteiger partial charge in [0.15, 0.2) is 0 Å². The van der Waals surface area contributed by atoms with Crippen LogP contribution in [0.5, 0.6) is 5.75 Å². The number of fused-ring (bicyclic) bond motifs is 1. The SMILES string of the molecule is Clc1cc2c(c(CNc3cccc(Cl)c3Cl)c1)OCC2. The molecule has 1 aliphatic rings. The van der Waals surface area contributed by atoms with Crippen LogP contribution in [0.1, 0.15) is 11.1 Å². The van der Waals surface area contributed by atoms with Gasteiger partial charge in [-0.15, -0.1) is 0 Å². The quantitative estimate of drug-likeness (QED) is 0.836. The molecule has 20 heavy (non-hydrogen) atoms. The predicted octanol–water partition coefficient (Wildman–Crippen LogP) is 5.19. The number of hydrogen-bond acceptors (Lipinski definition) is 2. The fourth-order valence-electron chi connectivity index (χ4n) is 2.31. The molecular formula is C15H12Cl3NO. The summed E-state index contributed by atoms with van der Waals surface area (Å²) < 4.78 is 5.67. The molecule has 0 aromatic heterocycles. The van der Waals surface area contributed by atoms with Gasteiger partial charge in [0.25, 0.3) is 0 Å². The summed E-state index contributed by atoms with van der Waals surface area (Å²) in [5.74, 6) is 0.931. The number of anilines is 1. The van der Waals surface area contributed by atoms with Crippen LogP contribution in [0.3, 0.4) is 0 Å². The minimum absolute atomic E-state index is 0.522. The summed E-state index contributed by atoms with van der Waals surface area (Å²) in [4.78, 5) is 0. The van der Waals surface area contributed by atoms with Crippen molar-refractivity contribution in [1.82, 2.24) is 0 Å². The smallest absolute Gasteiger partial charge is 0.127 e. The van der Waals surface area contributed by atoms with Gasteiger partial charge in [-0.2, -0.15) is 0 Å². The van der Waals surface area contributed by atoms with Crippen LogP contribution in [0.15, 0.2) is 30.3 Å². The minimum Gasteiger partial charge on any atom is -0.493 e. The van der Waals surface area contributed by atoms with Crippen molar-refractivity contribution in [3.63, 3.8) is 0 Å². The number of halogens is 3. The average Bonchev–Trinajstić information content (AvgIpc) is 2.88. The molecule has 0 saturated carbocycles.